The van der Waals surface area contributed by atoms with Crippen LogP contribution in [0.5, 0.6) is 5.88 Å². The van der Waals surface area contributed by atoms with Gasteiger partial charge < -0.3 is 14.5 Å². The summed E-state index contributed by atoms with van der Waals surface area (Å²) in [5.41, 5.74) is 1.50. The second kappa shape index (κ2) is 5.88. The van der Waals surface area contributed by atoms with Gasteiger partial charge in [0.15, 0.2) is 10.4 Å². The van der Waals surface area contributed by atoms with E-state index < -0.39 is 0 Å². The molecular formula is C13H18N4O2S. The molecule has 6 nitrogen and oxygen atoms in total. The summed E-state index contributed by atoms with van der Waals surface area (Å²) in [6, 6.07) is 0. The monoisotopic (exact) mass is 294 g/mol. The molecule has 1 saturated carbocycles. The maximum atomic E-state index is 5.88. The van der Waals surface area contributed by atoms with Crippen molar-refractivity contribution in [3.8, 4) is 5.88 Å². The van der Waals surface area contributed by atoms with Crippen molar-refractivity contribution in [3.05, 3.63) is 11.1 Å². The first-order valence-corrected chi connectivity index (χ1v) is 7.29. The highest BCUT2D eigenvalue weighted by Crippen LogP contribution is 2.22. The maximum Gasteiger partial charge on any atom is 0.242 e. The van der Waals surface area contributed by atoms with Crippen LogP contribution in [-0.4, -0.2) is 39.3 Å². The van der Waals surface area contributed by atoms with E-state index in [1.165, 1.54) is 32.0 Å². The van der Waals surface area contributed by atoms with Gasteiger partial charge in [-0.2, -0.15) is 4.98 Å². The van der Waals surface area contributed by atoms with Gasteiger partial charge in [-0.1, -0.05) is 12.8 Å². The molecule has 0 atom stereocenters. The molecule has 20 heavy (non-hydrogen) atoms. The third-order valence-electron chi connectivity index (χ3n) is 3.69. The first-order valence-electron chi connectivity index (χ1n) is 6.88. The van der Waals surface area contributed by atoms with Gasteiger partial charge in [0.25, 0.3) is 0 Å². The Morgan fingerprint density at radius 1 is 1.40 bits per heavy atom. The summed E-state index contributed by atoms with van der Waals surface area (Å²) in [4.78, 5) is 11.4. The first-order chi connectivity index (χ1) is 9.79. The van der Waals surface area contributed by atoms with Crippen molar-refractivity contribution >= 4 is 23.4 Å². The predicted octanol–water partition coefficient (Wildman–Crippen LogP) is 2.46. The molecule has 7 heteroatoms. The van der Waals surface area contributed by atoms with Crippen LogP contribution in [0.1, 0.15) is 25.7 Å². The van der Waals surface area contributed by atoms with Crippen molar-refractivity contribution in [1.29, 1.82) is 0 Å². The molecule has 1 fully saturated rings. The lowest BCUT2D eigenvalue weighted by molar-refractivity contribution is 0.0532. The average molecular weight is 294 g/mol. The van der Waals surface area contributed by atoms with Crippen LogP contribution in [-0.2, 0) is 11.3 Å². The summed E-state index contributed by atoms with van der Waals surface area (Å²) in [5, 5.41) is 0. The molecule has 1 aliphatic rings. The molecule has 1 aliphatic carbocycles. The lowest BCUT2D eigenvalue weighted by Crippen LogP contribution is -2.13. The number of nitrogens with one attached hydrogen (secondary N) is 1. The molecule has 2 aromatic rings. The van der Waals surface area contributed by atoms with Gasteiger partial charge in [-0.3, -0.25) is 4.57 Å². The SMILES string of the molecule is COc1ncnc2c1[nH]c(=S)n2CCOC1CCCC1. The zero-order valence-corrected chi connectivity index (χ0v) is 12.3. The molecule has 0 unspecified atom stereocenters. The maximum absolute atomic E-state index is 5.88. The van der Waals surface area contributed by atoms with Gasteiger partial charge in [0.1, 0.15) is 11.8 Å². The van der Waals surface area contributed by atoms with Crippen LogP contribution in [0.25, 0.3) is 11.2 Å². The number of aromatic nitrogens is 4. The Labute approximate surface area is 122 Å². The van der Waals surface area contributed by atoms with Crippen molar-refractivity contribution in [1.82, 2.24) is 19.5 Å². The molecule has 0 aliphatic heterocycles. The number of methoxy groups -OCH3 is 1. The summed E-state index contributed by atoms with van der Waals surface area (Å²) >= 11 is 5.34. The van der Waals surface area contributed by atoms with E-state index in [0.29, 0.717) is 29.9 Å². The van der Waals surface area contributed by atoms with Gasteiger partial charge in [-0.05, 0) is 25.1 Å². The topological polar surface area (TPSA) is 65.0 Å². The molecule has 2 aromatic heterocycles. The van der Waals surface area contributed by atoms with E-state index in [4.69, 9.17) is 21.7 Å². The van der Waals surface area contributed by atoms with Crippen molar-refractivity contribution < 1.29 is 9.47 Å². The highest BCUT2D eigenvalue weighted by molar-refractivity contribution is 7.71. The lowest BCUT2D eigenvalue weighted by Gasteiger charge is -2.11. The Morgan fingerprint density at radius 2 is 2.20 bits per heavy atom. The highest BCUT2D eigenvalue weighted by Gasteiger charge is 2.16. The van der Waals surface area contributed by atoms with E-state index in [9.17, 15) is 0 Å². The number of hydrogen-bond donors (Lipinski definition) is 1. The fourth-order valence-electron chi connectivity index (χ4n) is 2.67. The molecule has 108 valence electrons. The molecule has 0 bridgehead atoms. The van der Waals surface area contributed by atoms with Crippen LogP contribution in [0.2, 0.25) is 0 Å². The van der Waals surface area contributed by atoms with Gasteiger partial charge in [-0.25, -0.2) is 4.98 Å². The van der Waals surface area contributed by atoms with Crippen LogP contribution < -0.4 is 4.74 Å². The van der Waals surface area contributed by atoms with Crippen molar-refractivity contribution in [2.75, 3.05) is 13.7 Å². The van der Waals surface area contributed by atoms with Crippen molar-refractivity contribution in [2.24, 2.45) is 0 Å². The Hall–Kier alpha value is -1.47. The number of aromatic amines is 1. The smallest absolute Gasteiger partial charge is 0.242 e. The molecule has 0 aromatic carbocycles. The number of imidazole rings is 1. The fourth-order valence-corrected chi connectivity index (χ4v) is 2.95. The van der Waals surface area contributed by atoms with Gasteiger partial charge in [0.05, 0.1) is 26.4 Å². The number of rotatable bonds is 5. The minimum Gasteiger partial charge on any atom is -0.479 e. The van der Waals surface area contributed by atoms with E-state index in [-0.39, 0.29) is 0 Å². The number of ether oxygens (including phenoxy) is 2. The minimum absolute atomic E-state index is 0.415. The molecule has 3 rings (SSSR count). The van der Waals surface area contributed by atoms with Crippen LogP contribution >= 0.6 is 12.2 Å². The summed E-state index contributed by atoms with van der Waals surface area (Å²) in [5.74, 6) is 0.511. The van der Waals surface area contributed by atoms with Gasteiger partial charge in [0.2, 0.25) is 5.88 Å². The second-order valence-corrected chi connectivity index (χ2v) is 5.33. The average Bonchev–Trinajstić information content (AvgIpc) is 3.07. The van der Waals surface area contributed by atoms with Gasteiger partial charge in [0, 0.05) is 0 Å². The quantitative estimate of drug-likeness (QED) is 0.858. The molecule has 0 radical (unpaired) electrons. The third kappa shape index (κ3) is 2.55. The molecule has 0 amide bonds. The van der Waals surface area contributed by atoms with Crippen molar-refractivity contribution in [2.45, 2.75) is 38.3 Å². The molecule has 1 N–H and O–H groups in total. The van der Waals surface area contributed by atoms with Crippen LogP contribution in [0.15, 0.2) is 6.33 Å². The zero-order valence-electron chi connectivity index (χ0n) is 11.5. The summed E-state index contributed by atoms with van der Waals surface area (Å²) in [6.45, 7) is 1.34. The van der Waals surface area contributed by atoms with Crippen LogP contribution in [0.4, 0.5) is 0 Å². The Bertz CT molecular complexity index is 645. The van der Waals surface area contributed by atoms with Crippen LogP contribution in [0, 0.1) is 4.77 Å². The third-order valence-corrected chi connectivity index (χ3v) is 4.01. The summed E-state index contributed by atoms with van der Waals surface area (Å²) in [6.07, 6.45) is 6.81. The predicted molar refractivity (Wildman–Crippen MR) is 77.5 cm³/mol. The second-order valence-electron chi connectivity index (χ2n) is 4.94. The fraction of sp³-hybridized carbons (Fsp3) is 0.615. The first kappa shape index (κ1) is 13.5. The number of fused-ring (bicyclic) bond motifs is 1. The standard InChI is InChI=1S/C13H18N4O2S/c1-18-12-10-11(14-8-15-12)17(13(20)16-10)6-7-19-9-4-2-3-5-9/h8-9H,2-7H2,1H3,(H,16,20). The number of hydrogen-bond acceptors (Lipinski definition) is 5. The summed E-state index contributed by atoms with van der Waals surface area (Å²) < 4.78 is 13.6. The molecule has 2 heterocycles. The number of H-pyrrole nitrogens is 1. The van der Waals surface area contributed by atoms with Gasteiger partial charge >= 0.3 is 0 Å². The molecule has 0 spiro atoms. The zero-order chi connectivity index (χ0) is 13.9. The van der Waals surface area contributed by atoms with Crippen molar-refractivity contribution in [3.63, 3.8) is 0 Å². The largest absolute Gasteiger partial charge is 0.479 e. The summed E-state index contributed by atoms with van der Waals surface area (Å²) in [7, 11) is 1.58. The van der Waals surface area contributed by atoms with Crippen LogP contribution in [0.3, 0.4) is 0 Å². The Morgan fingerprint density at radius 3 is 2.95 bits per heavy atom. The van der Waals surface area contributed by atoms with E-state index >= 15 is 0 Å². The van der Waals surface area contributed by atoms with E-state index in [2.05, 4.69) is 15.0 Å². The molecule has 0 saturated heterocycles. The van der Waals surface area contributed by atoms with E-state index in [1.54, 1.807) is 7.11 Å². The van der Waals surface area contributed by atoms with Gasteiger partial charge in [-0.15, -0.1) is 0 Å². The number of nitrogens with zero attached hydrogens (tertiary/aromatic N) is 3. The minimum atomic E-state index is 0.415. The Kier molecular flexibility index (Phi) is 3.98. The highest BCUT2D eigenvalue weighted by atomic mass is 32.1. The normalized spacial score (nSPS) is 16.1. The lowest BCUT2D eigenvalue weighted by atomic mass is 10.3. The van der Waals surface area contributed by atoms with E-state index in [1.807, 2.05) is 4.57 Å². The van der Waals surface area contributed by atoms with E-state index in [0.717, 1.165) is 11.2 Å². The molecular weight excluding hydrogens is 276 g/mol. The Balaban J connectivity index is 1.77.